The summed E-state index contributed by atoms with van der Waals surface area (Å²) in [5.41, 5.74) is 0.408. The van der Waals surface area contributed by atoms with Crippen molar-refractivity contribution < 1.29 is 18.7 Å². The second-order valence-electron chi connectivity index (χ2n) is 5.84. The van der Waals surface area contributed by atoms with Crippen molar-refractivity contribution in [3.05, 3.63) is 35.4 Å². The number of hydrogen-bond donors (Lipinski definition) is 3. The molecule has 1 heterocycles. The lowest BCUT2D eigenvalue weighted by Crippen LogP contribution is -2.54. The van der Waals surface area contributed by atoms with E-state index in [0.29, 0.717) is 5.56 Å². The van der Waals surface area contributed by atoms with Crippen LogP contribution in [0.15, 0.2) is 18.2 Å². The molecule has 6 heteroatoms. The van der Waals surface area contributed by atoms with E-state index in [1.54, 1.807) is 0 Å². The third-order valence-corrected chi connectivity index (χ3v) is 3.94. The molecule has 2 rings (SSSR count). The Hall–Kier alpha value is -1.53. The molecule has 1 aromatic rings. The molecule has 1 aromatic carbocycles. The Morgan fingerprint density at radius 1 is 1.36 bits per heavy atom. The highest BCUT2D eigenvalue weighted by atomic mass is 19.1. The maximum absolute atomic E-state index is 13.3. The molecule has 1 aliphatic heterocycles. The average molecular weight is 312 g/mol. The van der Waals surface area contributed by atoms with Gasteiger partial charge in [0.15, 0.2) is 0 Å². The molecule has 1 saturated heterocycles. The van der Waals surface area contributed by atoms with Crippen LogP contribution < -0.4 is 10.6 Å². The summed E-state index contributed by atoms with van der Waals surface area (Å²) < 4.78 is 26.6. The minimum Gasteiger partial charge on any atom is -0.389 e. The molecule has 0 spiro atoms. The number of rotatable bonds is 5. The first-order valence-corrected chi connectivity index (χ1v) is 7.59. The van der Waals surface area contributed by atoms with Crippen LogP contribution in [0, 0.1) is 11.6 Å². The van der Waals surface area contributed by atoms with Crippen LogP contribution in [-0.4, -0.2) is 35.7 Å². The van der Waals surface area contributed by atoms with E-state index < -0.39 is 23.8 Å². The van der Waals surface area contributed by atoms with Crippen LogP contribution in [-0.2, 0) is 11.2 Å². The number of aliphatic hydroxyl groups is 1. The lowest BCUT2D eigenvalue weighted by molar-refractivity contribution is -0.120. The van der Waals surface area contributed by atoms with Crippen LogP contribution in [0.25, 0.3) is 0 Å². The lowest BCUT2D eigenvalue weighted by atomic mass is 9.91. The minimum absolute atomic E-state index is 0.121. The number of hydrogen-bond acceptors (Lipinski definition) is 3. The van der Waals surface area contributed by atoms with Crippen molar-refractivity contribution in [2.75, 3.05) is 6.54 Å². The van der Waals surface area contributed by atoms with E-state index in [1.807, 2.05) is 0 Å². The second kappa shape index (κ2) is 7.65. The van der Waals surface area contributed by atoms with Crippen molar-refractivity contribution in [3.63, 3.8) is 0 Å². The Bertz CT molecular complexity index is 499. The first kappa shape index (κ1) is 16.8. The van der Waals surface area contributed by atoms with E-state index in [2.05, 4.69) is 10.6 Å². The summed E-state index contributed by atoms with van der Waals surface area (Å²) in [5.74, 6) is -1.61. The van der Waals surface area contributed by atoms with Crippen molar-refractivity contribution in [1.82, 2.24) is 10.6 Å². The molecule has 122 valence electrons. The van der Waals surface area contributed by atoms with Gasteiger partial charge >= 0.3 is 0 Å². The van der Waals surface area contributed by atoms with Crippen LogP contribution in [0.4, 0.5) is 8.78 Å². The zero-order chi connectivity index (χ0) is 16.1. The van der Waals surface area contributed by atoms with Gasteiger partial charge in [-0.3, -0.25) is 4.79 Å². The van der Waals surface area contributed by atoms with Gasteiger partial charge in [0.05, 0.1) is 12.1 Å². The molecule has 1 amide bonds. The summed E-state index contributed by atoms with van der Waals surface area (Å²) >= 11 is 0. The average Bonchev–Trinajstić information content (AvgIpc) is 2.45. The largest absolute Gasteiger partial charge is 0.389 e. The predicted molar refractivity (Wildman–Crippen MR) is 79.3 cm³/mol. The summed E-state index contributed by atoms with van der Waals surface area (Å²) in [4.78, 5) is 11.4. The number of aliphatic hydroxyl groups excluding tert-OH is 1. The highest BCUT2D eigenvalue weighted by Gasteiger charge is 2.29. The van der Waals surface area contributed by atoms with Crippen molar-refractivity contribution in [1.29, 1.82) is 0 Å². The van der Waals surface area contributed by atoms with Crippen LogP contribution in [0.5, 0.6) is 0 Å². The SMILES string of the molecule is CC(=O)NC(Cc1cc(F)cc(F)c1)C(O)C1CCCCN1. The Morgan fingerprint density at radius 3 is 2.59 bits per heavy atom. The molecule has 4 nitrogen and oxygen atoms in total. The predicted octanol–water partition coefficient (Wildman–Crippen LogP) is 1.51. The molecule has 0 aliphatic carbocycles. The molecular weight excluding hydrogens is 290 g/mol. The molecule has 3 N–H and O–H groups in total. The molecule has 0 saturated carbocycles. The van der Waals surface area contributed by atoms with Gasteiger partial charge in [-0.25, -0.2) is 8.78 Å². The maximum Gasteiger partial charge on any atom is 0.217 e. The maximum atomic E-state index is 13.3. The quantitative estimate of drug-likeness (QED) is 0.772. The van der Waals surface area contributed by atoms with Crippen LogP contribution in [0.1, 0.15) is 31.7 Å². The molecule has 0 aromatic heterocycles. The van der Waals surface area contributed by atoms with Crippen LogP contribution >= 0.6 is 0 Å². The van der Waals surface area contributed by atoms with Gasteiger partial charge < -0.3 is 15.7 Å². The Balaban J connectivity index is 2.12. The van der Waals surface area contributed by atoms with E-state index in [-0.39, 0.29) is 18.4 Å². The van der Waals surface area contributed by atoms with Gasteiger partial charge in [0.1, 0.15) is 11.6 Å². The number of amides is 1. The van der Waals surface area contributed by atoms with E-state index in [0.717, 1.165) is 31.9 Å². The Kier molecular flexibility index (Phi) is 5.85. The fourth-order valence-corrected chi connectivity index (χ4v) is 2.95. The van der Waals surface area contributed by atoms with E-state index in [9.17, 15) is 18.7 Å². The van der Waals surface area contributed by atoms with Crippen molar-refractivity contribution in [3.8, 4) is 0 Å². The zero-order valence-electron chi connectivity index (χ0n) is 12.6. The molecule has 3 atom stereocenters. The third kappa shape index (κ3) is 4.74. The fourth-order valence-electron chi connectivity index (χ4n) is 2.95. The van der Waals surface area contributed by atoms with Gasteiger partial charge in [0, 0.05) is 19.0 Å². The number of nitrogens with one attached hydrogen (secondary N) is 2. The summed E-state index contributed by atoms with van der Waals surface area (Å²) in [6.45, 7) is 2.18. The molecule has 22 heavy (non-hydrogen) atoms. The lowest BCUT2D eigenvalue weighted by Gasteiger charge is -2.33. The standard InChI is InChI=1S/C16H22F2N2O2/c1-10(21)20-15(16(22)14-4-2-3-5-19-14)8-11-6-12(17)9-13(18)7-11/h6-7,9,14-16,19,22H,2-5,8H2,1H3,(H,20,21). The molecular formula is C16H22F2N2O2. The molecule has 0 bridgehead atoms. The topological polar surface area (TPSA) is 61.4 Å². The van der Waals surface area contributed by atoms with Crippen LogP contribution in [0.2, 0.25) is 0 Å². The summed E-state index contributed by atoms with van der Waals surface area (Å²) in [5, 5.41) is 16.4. The van der Waals surface area contributed by atoms with Crippen molar-refractivity contribution in [2.45, 2.75) is 50.8 Å². The van der Waals surface area contributed by atoms with Gasteiger partial charge in [-0.2, -0.15) is 0 Å². The number of benzene rings is 1. The van der Waals surface area contributed by atoms with Crippen LogP contribution in [0.3, 0.4) is 0 Å². The third-order valence-electron chi connectivity index (χ3n) is 3.94. The highest BCUT2D eigenvalue weighted by molar-refractivity contribution is 5.73. The molecule has 3 unspecified atom stereocenters. The van der Waals surface area contributed by atoms with E-state index in [4.69, 9.17) is 0 Å². The second-order valence-corrected chi connectivity index (χ2v) is 5.84. The molecule has 0 radical (unpaired) electrons. The highest BCUT2D eigenvalue weighted by Crippen LogP contribution is 2.17. The minimum atomic E-state index is -0.810. The van der Waals surface area contributed by atoms with Gasteiger partial charge in [-0.15, -0.1) is 0 Å². The van der Waals surface area contributed by atoms with Gasteiger partial charge in [0.25, 0.3) is 0 Å². The number of piperidine rings is 1. The number of halogens is 2. The Morgan fingerprint density at radius 2 is 2.05 bits per heavy atom. The zero-order valence-corrected chi connectivity index (χ0v) is 12.6. The van der Waals surface area contributed by atoms with Gasteiger partial charge in [0.2, 0.25) is 5.91 Å². The van der Waals surface area contributed by atoms with Crippen molar-refractivity contribution in [2.24, 2.45) is 0 Å². The number of carbonyl (C=O) groups is 1. The van der Waals surface area contributed by atoms with E-state index >= 15 is 0 Å². The molecule has 1 aliphatic rings. The summed E-state index contributed by atoms with van der Waals surface area (Å²) in [7, 11) is 0. The summed E-state index contributed by atoms with van der Waals surface area (Å²) in [6, 6.07) is 2.53. The first-order valence-electron chi connectivity index (χ1n) is 7.59. The smallest absolute Gasteiger partial charge is 0.217 e. The Labute approximate surface area is 128 Å². The summed E-state index contributed by atoms with van der Waals surface area (Å²) in [6.07, 6.45) is 2.25. The molecule has 1 fully saturated rings. The first-order chi connectivity index (χ1) is 10.5. The van der Waals surface area contributed by atoms with E-state index in [1.165, 1.54) is 19.1 Å². The number of carbonyl (C=O) groups excluding carboxylic acids is 1. The normalized spacial score (nSPS) is 21.2. The monoisotopic (exact) mass is 312 g/mol. The van der Waals surface area contributed by atoms with Gasteiger partial charge in [-0.1, -0.05) is 6.42 Å². The fraction of sp³-hybridized carbons (Fsp3) is 0.562. The van der Waals surface area contributed by atoms with Crippen molar-refractivity contribution >= 4 is 5.91 Å². The van der Waals surface area contributed by atoms with Gasteiger partial charge in [-0.05, 0) is 43.5 Å².